The highest BCUT2D eigenvalue weighted by molar-refractivity contribution is 8.00. The minimum atomic E-state index is -4.35. The molecule has 6 nitrogen and oxygen atoms in total. The van der Waals surface area contributed by atoms with Crippen LogP contribution in [0.2, 0.25) is 0 Å². The molecule has 1 N–H and O–H groups in total. The van der Waals surface area contributed by atoms with Crippen LogP contribution in [0.1, 0.15) is 36.8 Å². The van der Waals surface area contributed by atoms with Gasteiger partial charge in [-0.1, -0.05) is 0 Å². The maximum Gasteiger partial charge on any atom is 0.446 e. The van der Waals surface area contributed by atoms with Gasteiger partial charge in [-0.2, -0.15) is 26.3 Å². The maximum atomic E-state index is 12.9. The van der Waals surface area contributed by atoms with Crippen LogP contribution in [0.4, 0.5) is 43.5 Å². The predicted octanol–water partition coefficient (Wildman–Crippen LogP) is 7.54. The first kappa shape index (κ1) is 30.1. The third kappa shape index (κ3) is 7.73. The molecule has 1 aliphatic heterocycles. The zero-order chi connectivity index (χ0) is 29.9. The van der Waals surface area contributed by atoms with E-state index >= 15 is 0 Å². The van der Waals surface area contributed by atoms with Crippen molar-refractivity contribution in [2.75, 3.05) is 41.3 Å². The molecule has 1 aromatic heterocycles. The number of hydrogen-bond donors (Lipinski definition) is 1. The van der Waals surface area contributed by atoms with E-state index in [9.17, 15) is 26.3 Å². The maximum absolute atomic E-state index is 12.9. The van der Waals surface area contributed by atoms with Crippen molar-refractivity contribution in [3.63, 3.8) is 0 Å². The third-order valence-electron chi connectivity index (χ3n) is 7.56. The Hall–Kier alpha value is -3.35. The summed E-state index contributed by atoms with van der Waals surface area (Å²) in [6, 6.07) is 11.7. The summed E-state index contributed by atoms with van der Waals surface area (Å²) < 4.78 is 82.6. The van der Waals surface area contributed by atoms with Crippen LogP contribution < -0.4 is 19.9 Å². The Balaban J connectivity index is 1.11. The van der Waals surface area contributed by atoms with E-state index < -0.39 is 17.2 Å². The standard InChI is InChI=1S/C29H31F6N5OS/c1-19-26(40-16-14-39(15-17-40)23-8-2-20(3-9-23)28(30,31)32)36-18-37-27(19)41-24-10-4-21(5-11-24)38-22-6-12-25(13-7-22)42-29(33,34)35/h2-3,6-9,12-13,18,21,24,38H,4-5,10-11,14-17H2,1H3. The SMILES string of the molecule is Cc1c(OC2CCC(Nc3ccc(SC(F)(F)F)cc3)CC2)ncnc1N1CCN(c2ccc(C(F)(F)F)cc2)CC1. The number of rotatable bonds is 7. The van der Waals surface area contributed by atoms with Crippen LogP contribution in [0, 0.1) is 6.92 Å². The van der Waals surface area contributed by atoms with Crippen molar-refractivity contribution in [1.29, 1.82) is 0 Å². The second-order valence-corrected chi connectivity index (χ2v) is 11.6. The Kier molecular flexibility index (Phi) is 8.95. The summed E-state index contributed by atoms with van der Waals surface area (Å²) >= 11 is -0.123. The van der Waals surface area contributed by atoms with E-state index in [1.165, 1.54) is 30.6 Å². The molecule has 0 amide bonds. The number of piperazine rings is 1. The van der Waals surface area contributed by atoms with Crippen molar-refractivity contribution < 1.29 is 31.1 Å². The van der Waals surface area contributed by atoms with E-state index in [1.54, 1.807) is 12.1 Å². The van der Waals surface area contributed by atoms with Crippen LogP contribution in [-0.2, 0) is 6.18 Å². The minimum Gasteiger partial charge on any atom is -0.474 e. The molecule has 0 atom stereocenters. The van der Waals surface area contributed by atoms with Crippen LogP contribution >= 0.6 is 11.8 Å². The Morgan fingerprint density at radius 3 is 2.02 bits per heavy atom. The number of nitrogens with one attached hydrogen (secondary N) is 1. The van der Waals surface area contributed by atoms with Gasteiger partial charge in [0.25, 0.3) is 0 Å². The van der Waals surface area contributed by atoms with Crippen molar-refractivity contribution in [2.45, 2.75) is 61.3 Å². The highest BCUT2D eigenvalue weighted by atomic mass is 32.2. The summed E-state index contributed by atoms with van der Waals surface area (Å²) in [5.74, 6) is 1.33. The number of nitrogens with zero attached hydrogens (tertiary/aromatic N) is 4. The lowest BCUT2D eigenvalue weighted by molar-refractivity contribution is -0.137. The smallest absolute Gasteiger partial charge is 0.446 e. The number of anilines is 3. The lowest BCUT2D eigenvalue weighted by atomic mass is 9.92. The fraction of sp³-hybridized carbons (Fsp3) is 0.448. The molecular formula is C29H31F6N5OS. The van der Waals surface area contributed by atoms with Gasteiger partial charge in [-0.05, 0) is 92.9 Å². The molecule has 0 bridgehead atoms. The number of ether oxygens (including phenoxy) is 1. The summed E-state index contributed by atoms with van der Waals surface area (Å²) in [4.78, 5) is 13.2. The number of halogens is 6. The van der Waals surface area contributed by atoms with Crippen molar-refractivity contribution in [3.05, 3.63) is 66.0 Å². The molecule has 0 unspecified atom stereocenters. The number of hydrogen-bond acceptors (Lipinski definition) is 7. The van der Waals surface area contributed by atoms with Gasteiger partial charge in [0.15, 0.2) is 0 Å². The molecule has 13 heteroatoms. The van der Waals surface area contributed by atoms with Crippen molar-refractivity contribution in [1.82, 2.24) is 9.97 Å². The van der Waals surface area contributed by atoms with Crippen molar-refractivity contribution >= 4 is 29.0 Å². The summed E-state index contributed by atoms with van der Waals surface area (Å²) in [5.41, 5.74) is -2.56. The van der Waals surface area contributed by atoms with E-state index in [4.69, 9.17) is 4.74 Å². The quantitative estimate of drug-likeness (QED) is 0.219. The van der Waals surface area contributed by atoms with E-state index in [1.807, 2.05) is 6.92 Å². The number of thioether (sulfide) groups is 1. The Labute approximate surface area is 244 Å². The van der Waals surface area contributed by atoms with Crippen LogP contribution in [0.5, 0.6) is 5.88 Å². The van der Waals surface area contributed by atoms with E-state index in [0.29, 0.717) is 32.1 Å². The lowest BCUT2D eigenvalue weighted by Gasteiger charge is -2.37. The van der Waals surface area contributed by atoms with E-state index in [-0.39, 0.29) is 28.8 Å². The largest absolute Gasteiger partial charge is 0.474 e. The molecule has 226 valence electrons. The Bertz CT molecular complexity index is 1320. The van der Waals surface area contributed by atoms with Gasteiger partial charge >= 0.3 is 11.7 Å². The number of alkyl halides is 6. The molecule has 3 aromatic rings. The summed E-state index contributed by atoms with van der Waals surface area (Å²) in [6.07, 6.45) is 0.461. The first-order chi connectivity index (χ1) is 19.9. The molecule has 1 saturated heterocycles. The van der Waals surface area contributed by atoms with Gasteiger partial charge in [-0.25, -0.2) is 9.97 Å². The summed E-state index contributed by atoms with van der Waals surface area (Å²) in [7, 11) is 0. The Morgan fingerprint density at radius 1 is 0.810 bits per heavy atom. The van der Waals surface area contributed by atoms with Crippen molar-refractivity contribution in [3.8, 4) is 5.88 Å². The molecule has 2 heterocycles. The van der Waals surface area contributed by atoms with E-state index in [2.05, 4.69) is 25.1 Å². The zero-order valence-corrected chi connectivity index (χ0v) is 23.7. The van der Waals surface area contributed by atoms with Gasteiger partial charge in [-0.15, -0.1) is 0 Å². The van der Waals surface area contributed by atoms with Gasteiger partial charge in [0.05, 0.1) is 11.1 Å². The van der Waals surface area contributed by atoms with E-state index in [0.717, 1.165) is 60.6 Å². The van der Waals surface area contributed by atoms with Gasteiger partial charge in [-0.3, -0.25) is 0 Å². The van der Waals surface area contributed by atoms with Crippen molar-refractivity contribution in [2.24, 2.45) is 0 Å². The lowest BCUT2D eigenvalue weighted by Crippen LogP contribution is -2.47. The van der Waals surface area contributed by atoms with Gasteiger partial charge in [0, 0.05) is 48.5 Å². The first-order valence-electron chi connectivity index (χ1n) is 13.7. The number of aromatic nitrogens is 2. The van der Waals surface area contributed by atoms with Crippen LogP contribution in [0.3, 0.4) is 0 Å². The molecule has 2 aliphatic rings. The van der Waals surface area contributed by atoms with Crippen LogP contribution in [0.25, 0.3) is 0 Å². The minimum absolute atomic E-state index is 0.00780. The molecule has 42 heavy (non-hydrogen) atoms. The highest BCUT2D eigenvalue weighted by Crippen LogP contribution is 2.37. The first-order valence-corrected chi connectivity index (χ1v) is 14.5. The topological polar surface area (TPSA) is 53.5 Å². The average Bonchev–Trinajstić information content (AvgIpc) is 2.95. The predicted molar refractivity (Wildman–Crippen MR) is 151 cm³/mol. The zero-order valence-electron chi connectivity index (χ0n) is 22.9. The average molecular weight is 612 g/mol. The highest BCUT2D eigenvalue weighted by Gasteiger charge is 2.31. The molecular weight excluding hydrogens is 580 g/mol. The monoisotopic (exact) mass is 611 g/mol. The van der Waals surface area contributed by atoms with Crippen LogP contribution in [-0.4, -0.2) is 53.8 Å². The van der Waals surface area contributed by atoms with Crippen LogP contribution in [0.15, 0.2) is 59.8 Å². The second kappa shape index (κ2) is 12.5. The number of benzene rings is 2. The van der Waals surface area contributed by atoms with Gasteiger partial charge < -0.3 is 19.9 Å². The molecule has 2 fully saturated rings. The molecule has 2 aromatic carbocycles. The van der Waals surface area contributed by atoms with Gasteiger partial charge in [0.2, 0.25) is 5.88 Å². The van der Waals surface area contributed by atoms with Gasteiger partial charge in [0.1, 0.15) is 18.2 Å². The molecule has 0 radical (unpaired) electrons. The molecule has 0 spiro atoms. The second-order valence-electron chi connectivity index (χ2n) is 10.5. The summed E-state index contributed by atoms with van der Waals surface area (Å²) in [6.45, 7) is 4.54. The molecule has 1 aliphatic carbocycles. The normalized spacial score (nSPS) is 20.0. The molecule has 1 saturated carbocycles. The molecule has 5 rings (SSSR count). The fourth-order valence-corrected chi connectivity index (χ4v) is 5.91. The fourth-order valence-electron chi connectivity index (χ4n) is 5.37. The third-order valence-corrected chi connectivity index (χ3v) is 8.30. The Morgan fingerprint density at radius 2 is 1.43 bits per heavy atom. The summed E-state index contributed by atoms with van der Waals surface area (Å²) in [5, 5.41) is 3.41.